The van der Waals surface area contributed by atoms with Crippen molar-refractivity contribution >= 4 is 56.9 Å². The zero-order valence-corrected chi connectivity index (χ0v) is 9.16. The van der Waals surface area contributed by atoms with E-state index in [-0.39, 0.29) is 0 Å². The van der Waals surface area contributed by atoms with Crippen LogP contribution in [0, 0.1) is 0 Å². The summed E-state index contributed by atoms with van der Waals surface area (Å²) < 4.78 is 0. The summed E-state index contributed by atoms with van der Waals surface area (Å²) in [5.41, 5.74) is 0. The molecule has 0 aliphatic carbocycles. The summed E-state index contributed by atoms with van der Waals surface area (Å²) in [6.07, 6.45) is 0. The summed E-state index contributed by atoms with van der Waals surface area (Å²) >= 11 is 12.9. The van der Waals surface area contributed by atoms with Crippen LogP contribution in [0.25, 0.3) is 0 Å². The Morgan fingerprint density at radius 3 is 0.800 bits per heavy atom. The summed E-state index contributed by atoms with van der Waals surface area (Å²) in [7, 11) is 0. The van der Waals surface area contributed by atoms with Crippen LogP contribution in [-0.2, 0) is 5.30 Å². The first-order valence-corrected chi connectivity index (χ1v) is 10.2. The van der Waals surface area contributed by atoms with Gasteiger partial charge in [-0.05, 0) is 0 Å². The Bertz CT molecular complexity index is 19.1. The molecule has 0 atom stereocenters. The molecule has 0 fully saturated rings. The van der Waals surface area contributed by atoms with Crippen molar-refractivity contribution in [2.45, 2.75) is 0 Å². The van der Waals surface area contributed by atoms with Crippen LogP contribution in [0.1, 0.15) is 0 Å². The van der Waals surface area contributed by atoms with Gasteiger partial charge in [0.1, 0.15) is 0 Å². The molecule has 40 valence electrons. The van der Waals surface area contributed by atoms with E-state index in [0.717, 1.165) is 0 Å². The van der Waals surface area contributed by atoms with Gasteiger partial charge in [-0.25, -0.2) is 0 Å². The van der Waals surface area contributed by atoms with Gasteiger partial charge >= 0.3 is 62.2 Å². The molecule has 0 bridgehead atoms. The predicted octanol–water partition coefficient (Wildman–Crippen LogP) is 3.38. The van der Waals surface area contributed by atoms with Crippen molar-refractivity contribution in [3.63, 3.8) is 0 Å². The van der Waals surface area contributed by atoms with Crippen molar-refractivity contribution in [1.29, 1.82) is 0 Å². The molecule has 0 aromatic rings. The van der Waals surface area contributed by atoms with Gasteiger partial charge in [0.2, 0.25) is 0 Å². The van der Waals surface area contributed by atoms with Crippen molar-refractivity contribution in [3.8, 4) is 0 Å². The van der Waals surface area contributed by atoms with Crippen LogP contribution in [0.4, 0.5) is 0 Å². The summed E-state index contributed by atoms with van der Waals surface area (Å²) in [6.45, 7) is 0. The van der Waals surface area contributed by atoms with Gasteiger partial charge in [-0.1, -0.05) is 0 Å². The molecule has 0 heterocycles. The molecule has 0 radical (unpaired) electrons. The Kier molecular flexibility index (Phi) is 3.94. The molecule has 0 saturated carbocycles. The number of halogens is 4. The van der Waals surface area contributed by atoms with Gasteiger partial charge in [0, 0.05) is 0 Å². The topological polar surface area (TPSA) is 0 Å². The Balaban J connectivity index is 3.02. The van der Waals surface area contributed by atoms with Crippen LogP contribution >= 0.6 is 56.9 Å². The maximum absolute atomic E-state index is 3.22. The van der Waals surface area contributed by atoms with Gasteiger partial charge in [0.25, 0.3) is 0 Å². The molecule has 0 aromatic heterocycles. The van der Waals surface area contributed by atoms with E-state index in [2.05, 4.69) is 56.9 Å². The van der Waals surface area contributed by atoms with Crippen LogP contribution in [0.5, 0.6) is 0 Å². The molecule has 0 spiro atoms. The monoisotopic (exact) mass is 374 g/mol. The molecule has 0 N–H and O–H groups in total. The van der Waals surface area contributed by atoms with Crippen molar-refractivity contribution in [1.82, 2.24) is 0 Å². The molecule has 0 saturated heterocycles. The first-order chi connectivity index (χ1) is 2.00. The van der Waals surface area contributed by atoms with Gasteiger partial charge in [0.05, 0.1) is 0 Å². The standard InChI is InChI=1S/4BrH.Ni/h4*1H;/q;;;;+2/p-4. The minimum atomic E-state index is -1.00. The van der Waals surface area contributed by atoms with Crippen LogP contribution in [0.3, 0.4) is 0 Å². The van der Waals surface area contributed by atoms with E-state index in [1.807, 2.05) is 0 Å². The molecular weight excluding hydrogens is 378 g/mol. The minimum absolute atomic E-state index is 1.00. The van der Waals surface area contributed by atoms with Crippen LogP contribution in [0.2, 0.25) is 0 Å². The number of hydrogen-bond donors (Lipinski definition) is 0. The van der Waals surface area contributed by atoms with Crippen molar-refractivity contribution < 1.29 is 5.30 Å². The molecular formula is Br4Ni-2. The van der Waals surface area contributed by atoms with Gasteiger partial charge in [0.15, 0.2) is 0 Å². The zero-order valence-electron chi connectivity index (χ0n) is 1.83. The van der Waals surface area contributed by atoms with Crippen LogP contribution in [-0.4, -0.2) is 0 Å². The van der Waals surface area contributed by atoms with Gasteiger partial charge < -0.3 is 0 Å². The van der Waals surface area contributed by atoms with Crippen LogP contribution in [0.15, 0.2) is 0 Å². The number of rotatable bonds is 0. The molecule has 0 amide bonds. The SMILES string of the molecule is [Br][Ni-2]([Br])([Br])[Br]. The molecule has 5 heteroatoms. The van der Waals surface area contributed by atoms with Gasteiger partial charge in [-0.3, -0.25) is 0 Å². The average molecular weight is 378 g/mol. The fourth-order valence-electron chi connectivity index (χ4n) is 0. The summed E-state index contributed by atoms with van der Waals surface area (Å²) in [6, 6.07) is 0. The van der Waals surface area contributed by atoms with E-state index in [0.29, 0.717) is 0 Å². The Morgan fingerprint density at radius 2 is 0.800 bits per heavy atom. The third kappa shape index (κ3) is 21.4. The van der Waals surface area contributed by atoms with E-state index >= 15 is 0 Å². The fraction of sp³-hybridized carbons (Fsp3) is 0. The van der Waals surface area contributed by atoms with Crippen molar-refractivity contribution in [3.05, 3.63) is 0 Å². The normalized spacial score (nSPS) is 15.2. The third-order valence-electron chi connectivity index (χ3n) is 0. The fourth-order valence-corrected chi connectivity index (χ4v) is 0. The van der Waals surface area contributed by atoms with E-state index in [1.54, 1.807) is 0 Å². The molecule has 0 rings (SSSR count). The first-order valence-electron chi connectivity index (χ1n) is 0.478. The van der Waals surface area contributed by atoms with Crippen molar-refractivity contribution in [2.24, 2.45) is 0 Å². The van der Waals surface area contributed by atoms with E-state index in [9.17, 15) is 0 Å². The zero-order chi connectivity index (χ0) is 4.50. The molecule has 0 nitrogen and oxygen atoms in total. The average Bonchev–Trinajstić information content (AvgIpc) is 0.722. The maximum atomic E-state index is 3.22. The Morgan fingerprint density at radius 1 is 0.800 bits per heavy atom. The molecule has 5 heavy (non-hydrogen) atoms. The summed E-state index contributed by atoms with van der Waals surface area (Å²) in [4.78, 5) is 0. The van der Waals surface area contributed by atoms with E-state index in [1.165, 1.54) is 0 Å². The molecule has 0 aliphatic heterocycles. The molecule has 0 aliphatic rings. The van der Waals surface area contributed by atoms with E-state index < -0.39 is 5.30 Å². The van der Waals surface area contributed by atoms with E-state index in [4.69, 9.17) is 0 Å². The predicted molar refractivity (Wildman–Crippen MR) is 35.7 cm³/mol. The second kappa shape index (κ2) is 2.66. The number of hydrogen-bond acceptors (Lipinski definition) is 0. The van der Waals surface area contributed by atoms with Gasteiger partial charge in [-0.2, -0.15) is 0 Å². The van der Waals surface area contributed by atoms with Crippen LogP contribution < -0.4 is 0 Å². The summed E-state index contributed by atoms with van der Waals surface area (Å²) in [5.74, 6) is 0. The first kappa shape index (κ1) is 7.41. The van der Waals surface area contributed by atoms with Gasteiger partial charge in [-0.15, -0.1) is 0 Å². The quantitative estimate of drug-likeness (QED) is 0.567. The Hall–Kier alpha value is 2.41. The molecule has 0 aromatic carbocycles. The summed E-state index contributed by atoms with van der Waals surface area (Å²) in [5, 5.41) is -1.00. The second-order valence-electron chi connectivity index (χ2n) is 0.271. The third-order valence-corrected chi connectivity index (χ3v) is 0. The Labute approximate surface area is 61.3 Å². The van der Waals surface area contributed by atoms with Crippen molar-refractivity contribution in [2.75, 3.05) is 0 Å². The second-order valence-corrected chi connectivity index (χ2v) is 30.2. The molecule has 0 unspecified atom stereocenters.